The van der Waals surface area contributed by atoms with Crippen LogP contribution < -0.4 is 5.56 Å². The molecule has 6 heteroatoms. The van der Waals surface area contributed by atoms with Crippen molar-refractivity contribution in [3.8, 4) is 0 Å². The van der Waals surface area contributed by atoms with Gasteiger partial charge in [-0.25, -0.2) is 9.78 Å². The molecule has 0 saturated heterocycles. The number of aromatic amines is 1. The van der Waals surface area contributed by atoms with Gasteiger partial charge in [0.05, 0.1) is 12.9 Å². The highest BCUT2D eigenvalue weighted by Gasteiger charge is 2.11. The first-order valence-electron chi connectivity index (χ1n) is 5.55. The second-order valence-electron chi connectivity index (χ2n) is 3.67. The van der Waals surface area contributed by atoms with Crippen molar-refractivity contribution in [1.82, 2.24) is 9.97 Å². The van der Waals surface area contributed by atoms with E-state index in [1.54, 1.807) is 11.8 Å². The van der Waals surface area contributed by atoms with Crippen LogP contribution in [0.15, 0.2) is 46.2 Å². The Morgan fingerprint density at radius 2 is 2.11 bits per heavy atom. The molecule has 0 aliphatic rings. The molecule has 1 aromatic carbocycles. The first-order chi connectivity index (χ1) is 9.20. The van der Waals surface area contributed by atoms with Crippen molar-refractivity contribution >= 4 is 17.7 Å². The summed E-state index contributed by atoms with van der Waals surface area (Å²) in [7, 11) is 1.22. The Morgan fingerprint density at radius 3 is 2.74 bits per heavy atom. The van der Waals surface area contributed by atoms with Crippen molar-refractivity contribution in [1.29, 1.82) is 0 Å². The number of carbonyl (C=O) groups is 1. The van der Waals surface area contributed by atoms with Gasteiger partial charge in [-0.05, 0) is 12.1 Å². The molecule has 0 fully saturated rings. The second kappa shape index (κ2) is 6.19. The third-order valence-electron chi connectivity index (χ3n) is 2.38. The average Bonchev–Trinajstić information content (AvgIpc) is 2.45. The van der Waals surface area contributed by atoms with Crippen molar-refractivity contribution in [2.75, 3.05) is 7.11 Å². The number of H-pyrrole nitrogens is 1. The molecular weight excluding hydrogens is 264 g/mol. The molecule has 0 unspecified atom stereocenters. The summed E-state index contributed by atoms with van der Waals surface area (Å²) in [6, 6.07) is 9.78. The number of benzene rings is 1. The number of hydrogen-bond donors (Lipinski definition) is 1. The summed E-state index contributed by atoms with van der Waals surface area (Å²) in [4.78, 5) is 30.6. The minimum absolute atomic E-state index is 0.0871. The predicted molar refractivity (Wildman–Crippen MR) is 72.2 cm³/mol. The maximum atomic E-state index is 11.6. The Balaban J connectivity index is 2.09. The van der Waals surface area contributed by atoms with Crippen molar-refractivity contribution in [2.45, 2.75) is 10.6 Å². The number of thioether (sulfide) groups is 1. The average molecular weight is 276 g/mol. The molecule has 5 nitrogen and oxygen atoms in total. The zero-order valence-corrected chi connectivity index (χ0v) is 11.1. The Hall–Kier alpha value is -2.08. The number of nitrogens with zero attached hydrogens (tertiary/aromatic N) is 1. The molecule has 2 aromatic rings. The van der Waals surface area contributed by atoms with Crippen LogP contribution in [0.25, 0.3) is 0 Å². The van der Waals surface area contributed by atoms with Crippen LogP contribution >= 0.6 is 11.8 Å². The molecule has 0 atom stereocenters. The maximum absolute atomic E-state index is 11.6. The number of rotatable bonds is 4. The van der Waals surface area contributed by atoms with Gasteiger partial charge in [-0.3, -0.25) is 4.79 Å². The molecule has 0 radical (unpaired) electrons. The SMILES string of the molecule is COC(=O)c1cnc(CSc2ccccc2)[nH]c1=O. The third-order valence-corrected chi connectivity index (χ3v) is 3.40. The Labute approximate surface area is 114 Å². The second-order valence-corrected chi connectivity index (χ2v) is 4.71. The van der Waals surface area contributed by atoms with Crippen LogP contribution in [-0.2, 0) is 10.5 Å². The first kappa shape index (κ1) is 13.4. The lowest BCUT2D eigenvalue weighted by Crippen LogP contribution is -2.20. The number of esters is 1. The highest BCUT2D eigenvalue weighted by atomic mass is 32.2. The molecule has 2 rings (SSSR count). The first-order valence-corrected chi connectivity index (χ1v) is 6.53. The van der Waals surface area contributed by atoms with Crippen molar-refractivity contribution in [2.24, 2.45) is 0 Å². The van der Waals surface area contributed by atoms with E-state index in [1.807, 2.05) is 30.3 Å². The minimum Gasteiger partial charge on any atom is -0.465 e. The van der Waals surface area contributed by atoms with E-state index in [4.69, 9.17) is 0 Å². The van der Waals surface area contributed by atoms with E-state index >= 15 is 0 Å². The van der Waals surface area contributed by atoms with E-state index in [1.165, 1.54) is 13.3 Å². The molecule has 1 N–H and O–H groups in total. The molecular formula is C13H12N2O3S. The van der Waals surface area contributed by atoms with Gasteiger partial charge in [0.25, 0.3) is 5.56 Å². The molecule has 0 amide bonds. The van der Waals surface area contributed by atoms with E-state index in [2.05, 4.69) is 14.7 Å². The number of aromatic nitrogens is 2. The van der Waals surface area contributed by atoms with Crippen LogP contribution in [0.1, 0.15) is 16.2 Å². The van der Waals surface area contributed by atoms with Crippen LogP contribution in [0, 0.1) is 0 Å². The predicted octanol–water partition coefficient (Wildman–Crippen LogP) is 1.85. The van der Waals surface area contributed by atoms with E-state index in [-0.39, 0.29) is 5.56 Å². The quantitative estimate of drug-likeness (QED) is 0.681. The zero-order chi connectivity index (χ0) is 13.7. The molecule has 0 spiro atoms. The van der Waals surface area contributed by atoms with E-state index < -0.39 is 11.5 Å². The lowest BCUT2D eigenvalue weighted by atomic mass is 10.3. The molecule has 0 saturated carbocycles. The van der Waals surface area contributed by atoms with Gasteiger partial charge < -0.3 is 9.72 Å². The highest BCUT2D eigenvalue weighted by molar-refractivity contribution is 7.98. The largest absolute Gasteiger partial charge is 0.465 e. The molecule has 1 aromatic heterocycles. The van der Waals surface area contributed by atoms with Crippen LogP contribution in [0.2, 0.25) is 0 Å². The number of carbonyl (C=O) groups excluding carboxylic acids is 1. The molecule has 0 bridgehead atoms. The summed E-state index contributed by atoms with van der Waals surface area (Å²) < 4.78 is 4.48. The van der Waals surface area contributed by atoms with Crippen LogP contribution in [0.5, 0.6) is 0 Å². The summed E-state index contributed by atoms with van der Waals surface area (Å²) in [5.41, 5.74) is -0.568. The molecule has 0 aliphatic carbocycles. The summed E-state index contributed by atoms with van der Waals surface area (Å²) in [5.74, 6) is 0.364. The molecule has 1 heterocycles. The fraction of sp³-hybridized carbons (Fsp3) is 0.154. The number of hydrogen-bond acceptors (Lipinski definition) is 5. The van der Waals surface area contributed by atoms with Gasteiger partial charge in [-0.15, -0.1) is 11.8 Å². The summed E-state index contributed by atoms with van der Waals surface area (Å²) >= 11 is 1.55. The third kappa shape index (κ3) is 3.45. The van der Waals surface area contributed by atoms with Crippen LogP contribution in [0.3, 0.4) is 0 Å². The van der Waals surface area contributed by atoms with Crippen molar-refractivity contribution in [3.63, 3.8) is 0 Å². The van der Waals surface area contributed by atoms with Gasteiger partial charge in [0.2, 0.25) is 0 Å². The van der Waals surface area contributed by atoms with Crippen molar-refractivity contribution in [3.05, 3.63) is 58.3 Å². The van der Waals surface area contributed by atoms with Gasteiger partial charge >= 0.3 is 5.97 Å². The Morgan fingerprint density at radius 1 is 1.37 bits per heavy atom. The minimum atomic E-state index is -0.684. The van der Waals surface area contributed by atoms with Gasteiger partial charge in [0.15, 0.2) is 0 Å². The van der Waals surface area contributed by atoms with Gasteiger partial charge in [0.1, 0.15) is 11.4 Å². The number of ether oxygens (including phenoxy) is 1. The summed E-state index contributed by atoms with van der Waals surface area (Å²) in [5, 5.41) is 0. The standard InChI is InChI=1S/C13H12N2O3S/c1-18-13(17)10-7-14-11(15-12(10)16)8-19-9-5-3-2-4-6-9/h2-7H,8H2,1H3,(H,14,15,16). The van der Waals surface area contributed by atoms with Gasteiger partial charge in [-0.2, -0.15) is 0 Å². The Bertz CT molecular complexity index is 625. The zero-order valence-electron chi connectivity index (χ0n) is 10.3. The monoisotopic (exact) mass is 276 g/mol. The van der Waals surface area contributed by atoms with E-state index in [0.717, 1.165) is 4.90 Å². The lowest BCUT2D eigenvalue weighted by Gasteiger charge is -2.02. The fourth-order valence-corrected chi connectivity index (χ4v) is 2.23. The summed E-state index contributed by atoms with van der Waals surface area (Å²) in [6.07, 6.45) is 1.24. The highest BCUT2D eigenvalue weighted by Crippen LogP contribution is 2.19. The fourth-order valence-electron chi connectivity index (χ4n) is 1.43. The molecule has 98 valence electrons. The Kier molecular flexibility index (Phi) is 4.35. The topological polar surface area (TPSA) is 72.0 Å². The van der Waals surface area contributed by atoms with Gasteiger partial charge in [-0.1, -0.05) is 18.2 Å². The molecule has 19 heavy (non-hydrogen) atoms. The number of nitrogens with one attached hydrogen (secondary N) is 1. The van der Waals surface area contributed by atoms with Gasteiger partial charge in [0, 0.05) is 11.1 Å². The lowest BCUT2D eigenvalue weighted by molar-refractivity contribution is 0.0598. The summed E-state index contributed by atoms with van der Waals surface area (Å²) in [6.45, 7) is 0. The van der Waals surface area contributed by atoms with E-state index in [9.17, 15) is 9.59 Å². The van der Waals surface area contributed by atoms with Crippen molar-refractivity contribution < 1.29 is 9.53 Å². The van der Waals surface area contributed by atoms with Crippen LogP contribution in [-0.4, -0.2) is 23.0 Å². The van der Waals surface area contributed by atoms with E-state index in [0.29, 0.717) is 11.6 Å². The van der Waals surface area contributed by atoms with Crippen LogP contribution in [0.4, 0.5) is 0 Å². The number of methoxy groups -OCH3 is 1. The maximum Gasteiger partial charge on any atom is 0.345 e. The smallest absolute Gasteiger partial charge is 0.345 e. The molecule has 0 aliphatic heterocycles. The normalized spacial score (nSPS) is 10.2.